The Morgan fingerprint density at radius 3 is 2.26 bits per heavy atom. The second-order valence-electron chi connectivity index (χ2n) is 14.1. The highest BCUT2D eigenvalue weighted by Gasteiger charge is 2.55. The van der Waals surface area contributed by atoms with Crippen molar-refractivity contribution in [2.24, 2.45) is 5.92 Å². The number of alkyl carbamates (subject to hydrolysis) is 1. The summed E-state index contributed by atoms with van der Waals surface area (Å²) in [7, 11) is 2.07. The van der Waals surface area contributed by atoms with E-state index in [1.54, 1.807) is 70.2 Å². The van der Waals surface area contributed by atoms with Gasteiger partial charge >= 0.3 is 12.1 Å². The SMILES string of the molecule is COC(=O)[C@]1([C@H](CNC(=O)OC(C)(C)C)CO[Si](C)(C)C(C)(C)C)CN(Cc2ccc(OC)cc2OC)C(=O)c2ccc(Cl)cc21. The van der Waals surface area contributed by atoms with Crippen LogP contribution in [0.1, 0.15) is 63.0 Å². The molecule has 0 saturated heterocycles. The molecule has 2 aromatic rings. The van der Waals surface area contributed by atoms with Gasteiger partial charge in [-0.05, 0) is 74.8 Å². The molecule has 0 fully saturated rings. The van der Waals surface area contributed by atoms with Crippen LogP contribution in [0.5, 0.6) is 11.5 Å². The summed E-state index contributed by atoms with van der Waals surface area (Å²) in [4.78, 5) is 42.9. The van der Waals surface area contributed by atoms with E-state index in [1.807, 2.05) is 6.07 Å². The Morgan fingerprint density at radius 2 is 1.70 bits per heavy atom. The number of esters is 1. The standard InChI is InChI=1S/C34H49ClN2O8Si/c1-32(2,3)45-31(40)36-18-23(20-44-46(10,11)33(4,5)6)34(30(39)43-9)21-37(29(38)26-15-13-24(35)16-27(26)34)19-22-12-14-25(41-7)17-28(22)42-8/h12-17,23H,18-21H2,1-11H3,(H,36,40)/t23-,34+/m1/s1. The van der Waals surface area contributed by atoms with E-state index in [9.17, 15) is 14.4 Å². The van der Waals surface area contributed by atoms with Gasteiger partial charge in [-0.1, -0.05) is 32.4 Å². The maximum atomic E-state index is 14.3. The molecule has 1 aliphatic rings. The molecule has 254 valence electrons. The van der Waals surface area contributed by atoms with E-state index in [4.69, 9.17) is 35.0 Å². The second-order valence-corrected chi connectivity index (χ2v) is 19.4. The number of hydrogen-bond acceptors (Lipinski definition) is 8. The van der Waals surface area contributed by atoms with Crippen molar-refractivity contribution in [1.29, 1.82) is 0 Å². The summed E-state index contributed by atoms with van der Waals surface area (Å²) in [6.45, 7) is 16.1. The lowest BCUT2D eigenvalue weighted by Gasteiger charge is -2.47. The van der Waals surface area contributed by atoms with Crippen LogP contribution in [-0.2, 0) is 30.7 Å². The first-order valence-electron chi connectivity index (χ1n) is 15.3. The van der Waals surface area contributed by atoms with E-state index in [0.717, 1.165) is 0 Å². The van der Waals surface area contributed by atoms with Gasteiger partial charge in [0.2, 0.25) is 0 Å². The van der Waals surface area contributed by atoms with Gasteiger partial charge in [-0.25, -0.2) is 4.79 Å². The third-order valence-electron chi connectivity index (χ3n) is 8.87. The summed E-state index contributed by atoms with van der Waals surface area (Å²) in [5, 5.41) is 3.09. The Bertz CT molecular complexity index is 1440. The van der Waals surface area contributed by atoms with Crippen molar-refractivity contribution >= 4 is 37.9 Å². The number of ether oxygens (including phenoxy) is 4. The van der Waals surface area contributed by atoms with Crippen LogP contribution in [0.3, 0.4) is 0 Å². The molecular formula is C34H49ClN2O8Si. The monoisotopic (exact) mass is 676 g/mol. The van der Waals surface area contributed by atoms with Crippen LogP contribution in [0.25, 0.3) is 0 Å². The van der Waals surface area contributed by atoms with Gasteiger partial charge in [0.05, 0.1) is 21.3 Å². The predicted octanol–water partition coefficient (Wildman–Crippen LogP) is 6.59. The topological polar surface area (TPSA) is 113 Å². The number of rotatable bonds is 11. The Labute approximate surface area is 279 Å². The van der Waals surface area contributed by atoms with Crippen LogP contribution in [-0.4, -0.2) is 77.8 Å². The van der Waals surface area contributed by atoms with Gasteiger partial charge in [0.25, 0.3) is 5.91 Å². The largest absolute Gasteiger partial charge is 0.497 e. The van der Waals surface area contributed by atoms with E-state index in [2.05, 4.69) is 39.2 Å². The molecule has 0 bridgehead atoms. The van der Waals surface area contributed by atoms with Crippen LogP contribution in [0.2, 0.25) is 23.2 Å². The number of carbonyl (C=O) groups excluding carboxylic acids is 3. The predicted molar refractivity (Wildman–Crippen MR) is 180 cm³/mol. The average molecular weight is 677 g/mol. The molecule has 0 aromatic heterocycles. The van der Waals surface area contributed by atoms with Gasteiger partial charge in [0, 0.05) is 54.4 Å². The van der Waals surface area contributed by atoms with Crippen molar-refractivity contribution in [1.82, 2.24) is 10.2 Å². The lowest BCUT2D eigenvalue weighted by atomic mass is 9.66. The van der Waals surface area contributed by atoms with Gasteiger partial charge < -0.3 is 33.6 Å². The number of amides is 2. The summed E-state index contributed by atoms with van der Waals surface area (Å²) in [6, 6.07) is 10.2. The highest BCUT2D eigenvalue weighted by Crippen LogP contribution is 2.45. The van der Waals surface area contributed by atoms with Crippen LogP contribution in [0.15, 0.2) is 36.4 Å². The molecule has 1 aliphatic heterocycles. The summed E-state index contributed by atoms with van der Waals surface area (Å²) in [6.07, 6.45) is -0.636. The van der Waals surface area contributed by atoms with Gasteiger partial charge in [-0.15, -0.1) is 0 Å². The molecule has 2 amide bonds. The van der Waals surface area contributed by atoms with Crippen LogP contribution >= 0.6 is 11.6 Å². The van der Waals surface area contributed by atoms with Crippen molar-refractivity contribution < 1.29 is 37.8 Å². The number of hydrogen-bond donors (Lipinski definition) is 1. The minimum absolute atomic E-state index is 0.00151. The zero-order chi connectivity index (χ0) is 34.7. The molecule has 12 heteroatoms. The Hall–Kier alpha value is -3.28. The number of fused-ring (bicyclic) bond motifs is 1. The molecule has 1 heterocycles. The van der Waals surface area contributed by atoms with Crippen molar-refractivity contribution in [3.05, 3.63) is 58.1 Å². The summed E-state index contributed by atoms with van der Waals surface area (Å²) >= 11 is 6.53. The number of benzene rings is 2. The van der Waals surface area contributed by atoms with E-state index < -0.39 is 37.3 Å². The van der Waals surface area contributed by atoms with Crippen molar-refractivity contribution in [2.75, 3.05) is 41.0 Å². The molecule has 10 nitrogen and oxygen atoms in total. The molecule has 0 unspecified atom stereocenters. The summed E-state index contributed by atoms with van der Waals surface area (Å²) in [5.74, 6) is -0.418. The first-order valence-corrected chi connectivity index (χ1v) is 18.6. The highest BCUT2D eigenvalue weighted by molar-refractivity contribution is 6.74. The molecule has 0 radical (unpaired) electrons. The zero-order valence-corrected chi connectivity index (χ0v) is 30.7. The zero-order valence-electron chi connectivity index (χ0n) is 29.0. The van der Waals surface area contributed by atoms with E-state index >= 15 is 0 Å². The van der Waals surface area contributed by atoms with Crippen LogP contribution in [0.4, 0.5) is 4.79 Å². The molecule has 3 rings (SSSR count). The van der Waals surface area contributed by atoms with Crippen molar-refractivity contribution in [3.8, 4) is 11.5 Å². The lowest BCUT2D eigenvalue weighted by Crippen LogP contribution is -2.61. The molecule has 0 saturated carbocycles. The summed E-state index contributed by atoms with van der Waals surface area (Å²) < 4.78 is 28.8. The van der Waals surface area contributed by atoms with Crippen LogP contribution < -0.4 is 14.8 Å². The Kier molecular flexibility index (Phi) is 11.5. The van der Waals surface area contributed by atoms with E-state index in [1.165, 1.54) is 7.11 Å². The molecule has 0 spiro atoms. The Morgan fingerprint density at radius 1 is 1.02 bits per heavy atom. The van der Waals surface area contributed by atoms with Crippen molar-refractivity contribution in [3.63, 3.8) is 0 Å². The van der Waals surface area contributed by atoms with Crippen LogP contribution in [0, 0.1) is 5.92 Å². The fourth-order valence-corrected chi connectivity index (χ4v) is 6.53. The number of nitrogens with zero attached hydrogens (tertiary/aromatic N) is 1. The smallest absolute Gasteiger partial charge is 0.407 e. The molecule has 2 atom stereocenters. The maximum absolute atomic E-state index is 14.3. The quantitative estimate of drug-likeness (QED) is 0.210. The number of halogens is 1. The number of carbonyl (C=O) groups is 3. The molecular weight excluding hydrogens is 628 g/mol. The lowest BCUT2D eigenvalue weighted by molar-refractivity contribution is -0.152. The normalized spacial score (nSPS) is 17.6. The highest BCUT2D eigenvalue weighted by atomic mass is 35.5. The minimum Gasteiger partial charge on any atom is -0.497 e. The summed E-state index contributed by atoms with van der Waals surface area (Å²) in [5.41, 5.74) is -0.760. The third-order valence-corrected chi connectivity index (χ3v) is 13.6. The molecule has 2 aromatic carbocycles. The fourth-order valence-electron chi connectivity index (χ4n) is 5.31. The molecule has 1 N–H and O–H groups in total. The minimum atomic E-state index is -2.35. The molecule has 0 aliphatic carbocycles. The van der Waals surface area contributed by atoms with Gasteiger partial charge in [0.15, 0.2) is 8.32 Å². The van der Waals surface area contributed by atoms with Crippen molar-refractivity contribution in [2.45, 2.75) is 77.2 Å². The fraction of sp³-hybridized carbons (Fsp3) is 0.559. The molecule has 46 heavy (non-hydrogen) atoms. The van der Waals surface area contributed by atoms with Gasteiger partial charge in [-0.2, -0.15) is 0 Å². The van der Waals surface area contributed by atoms with E-state index in [-0.39, 0.29) is 37.2 Å². The number of methoxy groups -OCH3 is 3. The Balaban J connectivity index is 2.21. The van der Waals surface area contributed by atoms with Gasteiger partial charge in [-0.3, -0.25) is 9.59 Å². The van der Waals surface area contributed by atoms with Gasteiger partial charge in [0.1, 0.15) is 22.5 Å². The third kappa shape index (κ3) is 8.16. The number of nitrogens with one attached hydrogen (secondary N) is 1. The average Bonchev–Trinajstić information content (AvgIpc) is 2.97. The first kappa shape index (κ1) is 37.2. The second kappa shape index (κ2) is 14.2. The first-order chi connectivity index (χ1) is 21.3. The van der Waals surface area contributed by atoms with E-state index in [0.29, 0.717) is 33.2 Å². The maximum Gasteiger partial charge on any atom is 0.407 e.